The summed E-state index contributed by atoms with van der Waals surface area (Å²) < 4.78 is 18.8. The lowest BCUT2D eigenvalue weighted by molar-refractivity contribution is -0.140. The minimum atomic E-state index is -1.04. The van der Waals surface area contributed by atoms with Crippen LogP contribution in [0.5, 0.6) is 5.75 Å². The van der Waals surface area contributed by atoms with Gasteiger partial charge in [0.25, 0.3) is 5.91 Å². The fourth-order valence-electron chi connectivity index (χ4n) is 3.74. The summed E-state index contributed by atoms with van der Waals surface area (Å²) in [5.41, 5.74) is 4.41. The van der Waals surface area contributed by atoms with Crippen molar-refractivity contribution < 1.29 is 28.3 Å². The van der Waals surface area contributed by atoms with Crippen molar-refractivity contribution in [2.75, 3.05) is 6.54 Å². The summed E-state index contributed by atoms with van der Waals surface area (Å²) in [5, 5.41) is 0. The number of imide groups is 1. The van der Waals surface area contributed by atoms with Gasteiger partial charge in [0.05, 0.1) is 11.8 Å². The van der Waals surface area contributed by atoms with Crippen LogP contribution >= 0.6 is 0 Å². The Labute approximate surface area is 167 Å². The molecule has 9 heteroatoms. The van der Waals surface area contributed by atoms with Crippen LogP contribution in [-0.2, 0) is 19.2 Å². The number of rotatable bonds is 6. The summed E-state index contributed by atoms with van der Waals surface area (Å²) in [6, 6.07) is 5.66. The van der Waals surface area contributed by atoms with Crippen LogP contribution < -0.4 is 15.6 Å². The van der Waals surface area contributed by atoms with Crippen molar-refractivity contribution in [3.8, 4) is 5.75 Å². The number of hydrogen-bond acceptors (Lipinski definition) is 5. The molecule has 0 spiro atoms. The molecule has 3 rings (SSSR count). The fourth-order valence-corrected chi connectivity index (χ4v) is 3.74. The molecule has 0 bridgehead atoms. The Morgan fingerprint density at radius 3 is 2.38 bits per heavy atom. The largest absolute Gasteiger partial charge is 0.478 e. The standard InChI is InChI=1S/C20H24FN3O5/c1-12(29-16-9-5-4-8-15(16)21)18(26)23-22-17(25)10-11-24-19(27)13-6-2-3-7-14(13)20(24)28/h4-5,8-9,12-14H,2-3,6-7,10-11H2,1H3,(H,22,25)(H,23,26)/t12-,13-,14+/m1/s1. The van der Waals surface area contributed by atoms with Gasteiger partial charge in [0.1, 0.15) is 0 Å². The molecule has 0 unspecified atom stereocenters. The SMILES string of the molecule is C[C@@H](Oc1ccccc1F)C(=O)NNC(=O)CCN1C(=O)[C@H]2CCCC[C@H]2C1=O. The number of nitrogens with zero attached hydrogens (tertiary/aromatic N) is 1. The molecule has 0 aromatic heterocycles. The highest BCUT2D eigenvalue weighted by Gasteiger charge is 2.47. The smallest absolute Gasteiger partial charge is 0.279 e. The topological polar surface area (TPSA) is 105 Å². The van der Waals surface area contributed by atoms with Gasteiger partial charge in [-0.1, -0.05) is 25.0 Å². The van der Waals surface area contributed by atoms with Crippen molar-refractivity contribution in [1.29, 1.82) is 0 Å². The van der Waals surface area contributed by atoms with Crippen LogP contribution in [0.4, 0.5) is 4.39 Å². The van der Waals surface area contributed by atoms with Crippen molar-refractivity contribution in [2.45, 2.75) is 45.1 Å². The van der Waals surface area contributed by atoms with Crippen LogP contribution in [0.25, 0.3) is 0 Å². The zero-order chi connectivity index (χ0) is 21.0. The van der Waals surface area contributed by atoms with Crippen LogP contribution in [-0.4, -0.2) is 41.2 Å². The Morgan fingerprint density at radius 2 is 1.76 bits per heavy atom. The van der Waals surface area contributed by atoms with Crippen LogP contribution in [0.3, 0.4) is 0 Å². The van der Waals surface area contributed by atoms with Gasteiger partial charge in [-0.2, -0.15) is 0 Å². The molecule has 29 heavy (non-hydrogen) atoms. The van der Waals surface area contributed by atoms with E-state index in [2.05, 4.69) is 10.9 Å². The van der Waals surface area contributed by atoms with Gasteiger partial charge in [-0.05, 0) is 31.9 Å². The van der Waals surface area contributed by atoms with Gasteiger partial charge in [-0.25, -0.2) is 4.39 Å². The lowest BCUT2D eigenvalue weighted by atomic mass is 9.81. The lowest BCUT2D eigenvalue weighted by Gasteiger charge is -2.19. The van der Waals surface area contributed by atoms with E-state index in [4.69, 9.17) is 4.74 Å². The number of ether oxygens (including phenoxy) is 1. The second-order valence-corrected chi connectivity index (χ2v) is 7.30. The Hall–Kier alpha value is -2.97. The fraction of sp³-hybridized carbons (Fsp3) is 0.500. The van der Waals surface area contributed by atoms with Crippen LogP contribution in [0, 0.1) is 17.7 Å². The van der Waals surface area contributed by atoms with Gasteiger partial charge in [0.2, 0.25) is 17.7 Å². The molecule has 8 nitrogen and oxygen atoms in total. The van der Waals surface area contributed by atoms with E-state index in [1.165, 1.54) is 25.1 Å². The third-order valence-corrected chi connectivity index (χ3v) is 5.33. The summed E-state index contributed by atoms with van der Waals surface area (Å²) in [6.45, 7) is 1.39. The van der Waals surface area contributed by atoms with Gasteiger partial charge in [0, 0.05) is 13.0 Å². The number of fused-ring (bicyclic) bond motifs is 1. The molecule has 1 aliphatic heterocycles. The van der Waals surface area contributed by atoms with Crippen molar-refractivity contribution in [2.24, 2.45) is 11.8 Å². The summed E-state index contributed by atoms with van der Waals surface area (Å²) in [4.78, 5) is 49.9. The molecule has 1 saturated heterocycles. The minimum absolute atomic E-state index is 0.0202. The Bertz CT molecular complexity index is 791. The normalized spacial score (nSPS) is 22.1. The van der Waals surface area contributed by atoms with Crippen LogP contribution in [0.1, 0.15) is 39.0 Å². The molecule has 1 aromatic rings. The third-order valence-electron chi connectivity index (χ3n) is 5.33. The zero-order valence-electron chi connectivity index (χ0n) is 16.2. The van der Waals surface area contributed by atoms with E-state index in [0.717, 1.165) is 17.7 Å². The first-order valence-electron chi connectivity index (χ1n) is 9.73. The third kappa shape index (κ3) is 4.72. The monoisotopic (exact) mass is 405 g/mol. The molecule has 3 atom stereocenters. The van der Waals surface area contributed by atoms with Crippen molar-refractivity contribution in [1.82, 2.24) is 15.8 Å². The maximum atomic E-state index is 13.6. The predicted octanol–water partition coefficient (Wildman–Crippen LogP) is 1.31. The molecule has 2 fully saturated rings. The molecule has 1 aliphatic carbocycles. The molecule has 0 radical (unpaired) electrons. The maximum absolute atomic E-state index is 13.6. The number of hydrogen-bond donors (Lipinski definition) is 2. The molecule has 2 aliphatic rings. The highest BCUT2D eigenvalue weighted by atomic mass is 19.1. The summed E-state index contributed by atoms with van der Waals surface area (Å²) >= 11 is 0. The molecular weight excluding hydrogens is 381 g/mol. The van der Waals surface area contributed by atoms with Crippen molar-refractivity contribution in [3.63, 3.8) is 0 Å². The minimum Gasteiger partial charge on any atom is -0.478 e. The Morgan fingerprint density at radius 1 is 1.14 bits per heavy atom. The summed E-state index contributed by atoms with van der Waals surface area (Å²) in [5.74, 6) is -2.81. The molecule has 1 heterocycles. The summed E-state index contributed by atoms with van der Waals surface area (Å²) in [6.07, 6.45) is 2.14. The molecular formula is C20H24FN3O5. The first-order valence-corrected chi connectivity index (χ1v) is 9.73. The van der Waals surface area contributed by atoms with E-state index in [-0.39, 0.29) is 42.4 Å². The van der Waals surface area contributed by atoms with E-state index in [1.54, 1.807) is 6.07 Å². The summed E-state index contributed by atoms with van der Waals surface area (Å²) in [7, 11) is 0. The number of likely N-dealkylation sites (tertiary alicyclic amines) is 1. The number of benzene rings is 1. The molecule has 1 aromatic carbocycles. The van der Waals surface area contributed by atoms with E-state index in [9.17, 15) is 23.6 Å². The Kier molecular flexibility index (Phi) is 6.46. The van der Waals surface area contributed by atoms with E-state index < -0.39 is 23.7 Å². The van der Waals surface area contributed by atoms with Crippen LogP contribution in [0.2, 0.25) is 0 Å². The molecule has 4 amide bonds. The lowest BCUT2D eigenvalue weighted by Crippen LogP contribution is -2.48. The molecule has 2 N–H and O–H groups in total. The highest BCUT2D eigenvalue weighted by molar-refractivity contribution is 6.05. The molecule has 156 valence electrons. The van der Waals surface area contributed by atoms with Crippen LogP contribution in [0.15, 0.2) is 24.3 Å². The highest BCUT2D eigenvalue weighted by Crippen LogP contribution is 2.37. The van der Waals surface area contributed by atoms with Gasteiger partial charge < -0.3 is 4.74 Å². The van der Waals surface area contributed by atoms with E-state index >= 15 is 0 Å². The van der Waals surface area contributed by atoms with Gasteiger partial charge in [-0.3, -0.25) is 34.9 Å². The zero-order valence-corrected chi connectivity index (χ0v) is 16.2. The number of para-hydroxylation sites is 1. The number of carbonyl (C=O) groups is 4. The van der Waals surface area contributed by atoms with E-state index in [1.807, 2.05) is 0 Å². The van der Waals surface area contributed by atoms with Crippen molar-refractivity contribution in [3.05, 3.63) is 30.1 Å². The second-order valence-electron chi connectivity index (χ2n) is 7.30. The molecule has 1 saturated carbocycles. The second kappa shape index (κ2) is 9.02. The Balaban J connectivity index is 1.43. The number of halogens is 1. The first kappa shape index (κ1) is 20.8. The van der Waals surface area contributed by atoms with Gasteiger partial charge in [-0.15, -0.1) is 0 Å². The number of nitrogens with one attached hydrogen (secondary N) is 2. The van der Waals surface area contributed by atoms with Gasteiger partial charge >= 0.3 is 0 Å². The number of carbonyl (C=O) groups excluding carboxylic acids is 4. The number of hydrazine groups is 1. The first-order chi connectivity index (χ1) is 13.9. The number of amides is 4. The quantitative estimate of drug-likeness (QED) is 0.548. The van der Waals surface area contributed by atoms with Crippen molar-refractivity contribution >= 4 is 23.6 Å². The van der Waals surface area contributed by atoms with E-state index in [0.29, 0.717) is 12.8 Å². The average Bonchev–Trinajstić information content (AvgIpc) is 2.96. The maximum Gasteiger partial charge on any atom is 0.279 e. The average molecular weight is 405 g/mol. The predicted molar refractivity (Wildman–Crippen MR) is 99.6 cm³/mol. The van der Waals surface area contributed by atoms with Gasteiger partial charge in [0.15, 0.2) is 17.7 Å².